The van der Waals surface area contributed by atoms with Crippen LogP contribution in [-0.4, -0.2) is 28.9 Å². The van der Waals surface area contributed by atoms with E-state index in [2.05, 4.69) is 4.98 Å². The number of H-pyrrole nitrogens is 1. The summed E-state index contributed by atoms with van der Waals surface area (Å²) in [5.74, 6) is -0.265. The molecule has 2 rings (SSSR count). The number of pyridine rings is 1. The minimum Gasteiger partial charge on any atom is -0.334 e. The number of aromatic nitrogens is 1. The van der Waals surface area contributed by atoms with Crippen LogP contribution in [0.3, 0.4) is 0 Å². The smallest absolute Gasteiger partial charge is 0.260 e. The van der Waals surface area contributed by atoms with Crippen LogP contribution in [0.5, 0.6) is 0 Å². The van der Waals surface area contributed by atoms with Crippen LogP contribution in [0.25, 0.3) is 0 Å². The summed E-state index contributed by atoms with van der Waals surface area (Å²) in [6.45, 7) is 3.28. The quantitative estimate of drug-likeness (QED) is 0.848. The zero-order valence-electron chi connectivity index (χ0n) is 13.1. The zero-order valence-corrected chi connectivity index (χ0v) is 13.9. The van der Waals surface area contributed by atoms with Crippen LogP contribution < -0.4 is 11.3 Å². The molecule has 1 heterocycles. The SMILES string of the molecule is Cc1ccc(C(=O)N(CCCN)Cc2ccccc2)c(=O)[nH]1.Cl. The number of nitrogens with zero attached hydrogens (tertiary/aromatic N) is 1. The molecule has 1 aromatic heterocycles. The molecule has 6 heteroatoms. The molecule has 1 aromatic carbocycles. The fourth-order valence-electron chi connectivity index (χ4n) is 2.25. The molecule has 3 N–H and O–H groups in total. The van der Waals surface area contributed by atoms with E-state index in [9.17, 15) is 9.59 Å². The maximum Gasteiger partial charge on any atom is 0.260 e. The monoisotopic (exact) mass is 335 g/mol. The number of nitrogens with one attached hydrogen (secondary N) is 1. The Bertz CT molecular complexity index is 686. The number of aryl methyl sites for hydroxylation is 1. The van der Waals surface area contributed by atoms with Crippen LogP contribution in [0, 0.1) is 6.92 Å². The van der Waals surface area contributed by atoms with Crippen LogP contribution in [0.2, 0.25) is 0 Å². The lowest BCUT2D eigenvalue weighted by molar-refractivity contribution is 0.0740. The molecule has 0 bridgehead atoms. The number of amides is 1. The van der Waals surface area contributed by atoms with Gasteiger partial charge in [-0.2, -0.15) is 0 Å². The Balaban J connectivity index is 0.00000264. The van der Waals surface area contributed by atoms with E-state index in [-0.39, 0.29) is 29.4 Å². The molecule has 5 nitrogen and oxygen atoms in total. The maximum atomic E-state index is 12.7. The lowest BCUT2D eigenvalue weighted by Gasteiger charge is -2.22. The van der Waals surface area contributed by atoms with Crippen LogP contribution in [-0.2, 0) is 6.54 Å². The van der Waals surface area contributed by atoms with Crippen molar-refractivity contribution in [1.29, 1.82) is 0 Å². The van der Waals surface area contributed by atoms with Gasteiger partial charge in [-0.15, -0.1) is 12.4 Å². The molecular formula is C17H22ClN3O2. The molecule has 0 saturated heterocycles. The number of rotatable bonds is 6. The predicted molar refractivity (Wildman–Crippen MR) is 93.9 cm³/mol. The van der Waals surface area contributed by atoms with Crippen molar-refractivity contribution in [1.82, 2.24) is 9.88 Å². The van der Waals surface area contributed by atoms with Gasteiger partial charge in [0.2, 0.25) is 0 Å². The summed E-state index contributed by atoms with van der Waals surface area (Å²) in [6.07, 6.45) is 0.697. The van der Waals surface area contributed by atoms with Crippen molar-refractivity contribution in [3.63, 3.8) is 0 Å². The van der Waals surface area contributed by atoms with Crippen molar-refractivity contribution in [2.75, 3.05) is 13.1 Å². The van der Waals surface area contributed by atoms with Gasteiger partial charge in [-0.05, 0) is 37.6 Å². The average molecular weight is 336 g/mol. The molecular weight excluding hydrogens is 314 g/mol. The summed E-state index contributed by atoms with van der Waals surface area (Å²) in [4.78, 5) is 29.0. The van der Waals surface area contributed by atoms with E-state index in [1.165, 1.54) is 0 Å². The Morgan fingerprint density at radius 3 is 2.48 bits per heavy atom. The Morgan fingerprint density at radius 1 is 1.17 bits per heavy atom. The van der Waals surface area contributed by atoms with Crippen molar-refractivity contribution < 1.29 is 4.79 Å². The van der Waals surface area contributed by atoms with Crippen molar-refractivity contribution in [2.45, 2.75) is 19.9 Å². The van der Waals surface area contributed by atoms with Gasteiger partial charge in [-0.1, -0.05) is 30.3 Å². The zero-order chi connectivity index (χ0) is 15.9. The van der Waals surface area contributed by atoms with Crippen molar-refractivity contribution >= 4 is 18.3 Å². The van der Waals surface area contributed by atoms with Gasteiger partial charge < -0.3 is 15.6 Å². The molecule has 0 aliphatic carbocycles. The van der Waals surface area contributed by atoms with Crippen LogP contribution >= 0.6 is 12.4 Å². The molecule has 0 fully saturated rings. The Labute approximate surface area is 141 Å². The molecule has 0 radical (unpaired) electrons. The van der Waals surface area contributed by atoms with Crippen LogP contribution in [0.1, 0.15) is 28.0 Å². The number of hydrogen-bond acceptors (Lipinski definition) is 3. The normalized spacial score (nSPS) is 10.0. The third kappa shape index (κ3) is 5.23. The van der Waals surface area contributed by atoms with Gasteiger partial charge in [0.05, 0.1) is 0 Å². The highest BCUT2D eigenvalue weighted by Gasteiger charge is 2.18. The van der Waals surface area contributed by atoms with Crippen molar-refractivity contribution in [2.24, 2.45) is 5.73 Å². The Hall–Kier alpha value is -2.11. The van der Waals surface area contributed by atoms with Crippen LogP contribution in [0.4, 0.5) is 0 Å². The van der Waals surface area contributed by atoms with E-state index in [1.54, 1.807) is 24.0 Å². The molecule has 0 atom stereocenters. The first-order chi connectivity index (χ1) is 10.6. The van der Waals surface area contributed by atoms with E-state index in [0.29, 0.717) is 26.1 Å². The summed E-state index contributed by atoms with van der Waals surface area (Å²) in [6, 6.07) is 13.0. The summed E-state index contributed by atoms with van der Waals surface area (Å²) in [7, 11) is 0. The number of aromatic amines is 1. The standard InChI is InChI=1S/C17H21N3O2.ClH/c1-13-8-9-15(16(21)19-13)17(22)20(11-5-10-18)12-14-6-3-2-4-7-14;/h2-4,6-9H,5,10-12,18H2,1H3,(H,19,21);1H. The first-order valence-electron chi connectivity index (χ1n) is 7.35. The molecule has 1 amide bonds. The molecule has 0 unspecified atom stereocenters. The second-order valence-corrected chi connectivity index (χ2v) is 5.24. The Kier molecular flexibility index (Phi) is 7.51. The van der Waals surface area contributed by atoms with Gasteiger partial charge in [-0.3, -0.25) is 9.59 Å². The first-order valence-corrected chi connectivity index (χ1v) is 7.35. The number of carbonyl (C=O) groups is 1. The van der Waals surface area contributed by atoms with Gasteiger partial charge in [0.1, 0.15) is 5.56 Å². The van der Waals surface area contributed by atoms with Gasteiger partial charge in [0, 0.05) is 18.8 Å². The molecule has 0 aliphatic rings. The number of carbonyl (C=O) groups excluding carboxylic acids is 1. The first kappa shape index (κ1) is 18.9. The van der Waals surface area contributed by atoms with E-state index in [0.717, 1.165) is 11.3 Å². The lowest BCUT2D eigenvalue weighted by Crippen LogP contribution is -2.36. The summed E-state index contributed by atoms with van der Waals surface area (Å²) < 4.78 is 0. The summed E-state index contributed by atoms with van der Waals surface area (Å²) in [5, 5.41) is 0. The maximum absolute atomic E-state index is 12.7. The molecule has 2 aromatic rings. The van der Waals surface area contributed by atoms with Crippen molar-refractivity contribution in [3.8, 4) is 0 Å². The van der Waals surface area contributed by atoms with Gasteiger partial charge >= 0.3 is 0 Å². The largest absolute Gasteiger partial charge is 0.334 e. The van der Waals surface area contributed by atoms with E-state index in [4.69, 9.17) is 5.73 Å². The second-order valence-electron chi connectivity index (χ2n) is 5.24. The molecule has 0 saturated carbocycles. The molecule has 0 aliphatic heterocycles. The van der Waals surface area contributed by atoms with Gasteiger partial charge in [-0.25, -0.2) is 0 Å². The van der Waals surface area contributed by atoms with E-state index >= 15 is 0 Å². The number of nitrogens with two attached hydrogens (primary N) is 1. The highest BCUT2D eigenvalue weighted by molar-refractivity contribution is 5.93. The summed E-state index contributed by atoms with van der Waals surface area (Å²) in [5.41, 5.74) is 7.13. The third-order valence-corrected chi connectivity index (χ3v) is 3.42. The highest BCUT2D eigenvalue weighted by Crippen LogP contribution is 2.09. The number of halogens is 1. The fraction of sp³-hybridized carbons (Fsp3) is 0.294. The lowest BCUT2D eigenvalue weighted by atomic mass is 10.1. The predicted octanol–water partition coefficient (Wildman–Crippen LogP) is 2.10. The molecule has 0 spiro atoms. The number of benzene rings is 1. The third-order valence-electron chi connectivity index (χ3n) is 3.42. The summed E-state index contributed by atoms with van der Waals surface area (Å²) >= 11 is 0. The highest BCUT2D eigenvalue weighted by atomic mass is 35.5. The van der Waals surface area contributed by atoms with Crippen molar-refractivity contribution in [3.05, 3.63) is 69.6 Å². The molecule has 23 heavy (non-hydrogen) atoms. The topological polar surface area (TPSA) is 79.2 Å². The number of hydrogen-bond donors (Lipinski definition) is 2. The minimum atomic E-state index is -0.351. The van der Waals surface area contributed by atoms with Crippen LogP contribution in [0.15, 0.2) is 47.3 Å². The molecule has 124 valence electrons. The van der Waals surface area contributed by atoms with E-state index in [1.807, 2.05) is 30.3 Å². The average Bonchev–Trinajstić information content (AvgIpc) is 2.52. The minimum absolute atomic E-state index is 0. The fourth-order valence-corrected chi connectivity index (χ4v) is 2.25. The second kappa shape index (κ2) is 9.12. The van der Waals surface area contributed by atoms with E-state index < -0.39 is 0 Å². The van der Waals surface area contributed by atoms with Gasteiger partial charge in [0.25, 0.3) is 11.5 Å². The van der Waals surface area contributed by atoms with Gasteiger partial charge in [0.15, 0.2) is 0 Å². The Morgan fingerprint density at radius 2 is 1.87 bits per heavy atom.